The zero-order chi connectivity index (χ0) is 20.0. The van der Waals surface area contributed by atoms with Gasteiger partial charge in [0.2, 0.25) is 15.2 Å². The van der Waals surface area contributed by atoms with Crippen molar-refractivity contribution in [3.8, 4) is 0 Å². The van der Waals surface area contributed by atoms with E-state index in [9.17, 15) is 13.2 Å². The minimum absolute atomic E-state index is 0.00180. The Hall–Kier alpha value is -1.79. The van der Waals surface area contributed by atoms with Gasteiger partial charge in [0.1, 0.15) is 0 Å². The molecule has 150 valence electrons. The standard InChI is InChI=1S/C17H20N4O4S3/c1-2-10-26-17-20-19-16(27-17)18-12-15(22)13-4-3-5-14(11-13)28(23,24)21-6-8-25-9-7-21/h2-5,11H,1,6-10,12H2,(H,18,19). The van der Waals surface area contributed by atoms with Gasteiger partial charge in [-0.3, -0.25) is 4.79 Å². The first kappa shape index (κ1) is 20.9. The Morgan fingerprint density at radius 2 is 2.14 bits per heavy atom. The number of morpholine rings is 1. The third-order valence-electron chi connectivity index (χ3n) is 3.90. The van der Waals surface area contributed by atoms with Gasteiger partial charge < -0.3 is 10.1 Å². The molecule has 1 aromatic carbocycles. The molecular formula is C17H20N4O4S3. The van der Waals surface area contributed by atoms with Crippen molar-refractivity contribution in [3.05, 3.63) is 42.5 Å². The molecule has 1 fully saturated rings. The Morgan fingerprint density at radius 1 is 1.36 bits per heavy atom. The molecule has 0 aliphatic carbocycles. The van der Waals surface area contributed by atoms with E-state index in [1.54, 1.807) is 18.2 Å². The van der Waals surface area contributed by atoms with E-state index >= 15 is 0 Å². The summed E-state index contributed by atoms with van der Waals surface area (Å²) < 4.78 is 32.9. The van der Waals surface area contributed by atoms with E-state index in [4.69, 9.17) is 4.74 Å². The second-order valence-corrected chi connectivity index (χ2v) is 9.98. The highest BCUT2D eigenvalue weighted by Crippen LogP contribution is 2.25. The van der Waals surface area contributed by atoms with Gasteiger partial charge in [0.25, 0.3) is 0 Å². The molecule has 0 radical (unpaired) electrons. The summed E-state index contributed by atoms with van der Waals surface area (Å²) in [5.41, 5.74) is 0.326. The van der Waals surface area contributed by atoms with Gasteiger partial charge in [-0.15, -0.1) is 16.8 Å². The summed E-state index contributed by atoms with van der Waals surface area (Å²) in [6.07, 6.45) is 1.78. The maximum atomic E-state index is 12.7. The largest absolute Gasteiger partial charge is 0.379 e. The first-order chi connectivity index (χ1) is 13.5. The summed E-state index contributed by atoms with van der Waals surface area (Å²) >= 11 is 2.86. The van der Waals surface area contributed by atoms with Crippen LogP contribution in [0.25, 0.3) is 0 Å². The summed E-state index contributed by atoms with van der Waals surface area (Å²) in [4.78, 5) is 12.6. The Balaban J connectivity index is 1.65. The number of rotatable bonds is 9. The fraction of sp³-hybridized carbons (Fsp3) is 0.353. The second kappa shape index (κ2) is 9.61. The lowest BCUT2D eigenvalue weighted by atomic mass is 10.1. The molecule has 0 unspecified atom stereocenters. The zero-order valence-corrected chi connectivity index (χ0v) is 17.5. The van der Waals surface area contributed by atoms with Crippen LogP contribution in [0.4, 0.5) is 5.13 Å². The normalized spacial score (nSPS) is 15.3. The minimum Gasteiger partial charge on any atom is -0.379 e. The second-order valence-electron chi connectivity index (χ2n) is 5.79. The van der Waals surface area contributed by atoms with Crippen LogP contribution in [0, 0.1) is 0 Å². The van der Waals surface area contributed by atoms with Crippen molar-refractivity contribution in [1.82, 2.24) is 14.5 Å². The fourth-order valence-electron chi connectivity index (χ4n) is 2.49. The first-order valence-corrected chi connectivity index (χ1v) is 11.8. The molecule has 0 amide bonds. The van der Waals surface area contributed by atoms with Crippen LogP contribution in [-0.4, -0.2) is 67.3 Å². The van der Waals surface area contributed by atoms with Crippen molar-refractivity contribution in [3.63, 3.8) is 0 Å². The number of anilines is 1. The Morgan fingerprint density at radius 3 is 2.89 bits per heavy atom. The summed E-state index contributed by atoms with van der Waals surface area (Å²) in [5.74, 6) is 0.507. The summed E-state index contributed by atoms with van der Waals surface area (Å²) in [6.45, 7) is 5.02. The number of hydrogen-bond acceptors (Lipinski definition) is 9. The summed E-state index contributed by atoms with van der Waals surface area (Å²) in [7, 11) is -3.64. The number of aromatic nitrogens is 2. The maximum absolute atomic E-state index is 12.7. The van der Waals surface area contributed by atoms with Gasteiger partial charge in [-0.2, -0.15) is 4.31 Å². The van der Waals surface area contributed by atoms with Crippen molar-refractivity contribution in [2.45, 2.75) is 9.24 Å². The molecule has 3 rings (SSSR count). The molecule has 0 bridgehead atoms. The molecule has 1 aliphatic heterocycles. The smallest absolute Gasteiger partial charge is 0.243 e. The third-order valence-corrected chi connectivity index (χ3v) is 7.80. The topological polar surface area (TPSA) is 101 Å². The molecular weight excluding hydrogens is 420 g/mol. The lowest BCUT2D eigenvalue weighted by molar-refractivity contribution is 0.0730. The maximum Gasteiger partial charge on any atom is 0.243 e. The summed E-state index contributed by atoms with van der Waals surface area (Å²) in [5, 5.41) is 11.5. The number of ketones is 1. The van der Waals surface area contributed by atoms with Gasteiger partial charge in [-0.05, 0) is 12.1 Å². The Labute approximate surface area is 172 Å². The van der Waals surface area contributed by atoms with E-state index < -0.39 is 10.0 Å². The number of sulfonamides is 1. The lowest BCUT2D eigenvalue weighted by Gasteiger charge is -2.26. The van der Waals surface area contributed by atoms with Crippen molar-refractivity contribution >= 4 is 44.0 Å². The number of Topliss-reactive ketones (excluding diaryl/α,β-unsaturated/α-hetero) is 1. The molecule has 0 spiro atoms. The van der Waals surface area contributed by atoms with Crippen LogP contribution < -0.4 is 5.32 Å². The highest BCUT2D eigenvalue weighted by molar-refractivity contribution is 8.01. The zero-order valence-electron chi connectivity index (χ0n) is 15.0. The molecule has 2 aromatic rings. The number of nitrogens with zero attached hydrogens (tertiary/aromatic N) is 3. The number of carbonyl (C=O) groups is 1. The number of thioether (sulfide) groups is 1. The monoisotopic (exact) mass is 440 g/mol. The lowest BCUT2D eigenvalue weighted by Crippen LogP contribution is -2.40. The van der Waals surface area contributed by atoms with E-state index in [0.29, 0.717) is 37.0 Å². The Bertz CT molecular complexity index is 939. The Kier molecular flexibility index (Phi) is 7.18. The number of nitrogens with one attached hydrogen (secondary N) is 1. The molecule has 11 heteroatoms. The van der Waals surface area contributed by atoms with Gasteiger partial charge in [0.05, 0.1) is 24.7 Å². The van der Waals surface area contributed by atoms with Crippen LogP contribution in [0.15, 0.2) is 46.2 Å². The van der Waals surface area contributed by atoms with Crippen molar-refractivity contribution in [1.29, 1.82) is 0 Å². The van der Waals surface area contributed by atoms with Crippen LogP contribution in [0.1, 0.15) is 10.4 Å². The predicted octanol–water partition coefficient (Wildman–Crippen LogP) is 2.13. The van der Waals surface area contributed by atoms with Crippen molar-refractivity contribution in [2.24, 2.45) is 0 Å². The van der Waals surface area contributed by atoms with Gasteiger partial charge >= 0.3 is 0 Å². The molecule has 1 N–H and O–H groups in total. The highest BCUT2D eigenvalue weighted by atomic mass is 32.2. The third kappa shape index (κ3) is 5.17. The van der Waals surface area contributed by atoms with Crippen LogP contribution in [0.3, 0.4) is 0 Å². The van der Waals surface area contributed by atoms with Crippen LogP contribution >= 0.6 is 23.1 Å². The number of hydrogen-bond donors (Lipinski definition) is 1. The number of benzene rings is 1. The van der Waals surface area contributed by atoms with E-state index in [-0.39, 0.29) is 17.2 Å². The van der Waals surface area contributed by atoms with E-state index in [2.05, 4.69) is 22.1 Å². The number of carbonyl (C=O) groups excluding carboxylic acids is 1. The van der Waals surface area contributed by atoms with E-state index in [1.165, 1.54) is 39.5 Å². The number of ether oxygens (including phenoxy) is 1. The molecule has 1 saturated heterocycles. The molecule has 0 atom stereocenters. The van der Waals surface area contributed by atoms with Gasteiger partial charge in [-0.25, -0.2) is 8.42 Å². The van der Waals surface area contributed by atoms with Crippen LogP contribution in [-0.2, 0) is 14.8 Å². The van der Waals surface area contributed by atoms with Crippen molar-refractivity contribution in [2.75, 3.05) is 43.9 Å². The van der Waals surface area contributed by atoms with Crippen LogP contribution in [0.5, 0.6) is 0 Å². The first-order valence-electron chi connectivity index (χ1n) is 8.53. The molecule has 1 aromatic heterocycles. The van der Waals surface area contributed by atoms with Gasteiger partial charge in [0, 0.05) is 24.4 Å². The van der Waals surface area contributed by atoms with Gasteiger partial charge in [0.15, 0.2) is 10.1 Å². The average Bonchev–Trinajstić information content (AvgIpc) is 3.19. The molecule has 1 aliphatic rings. The quantitative estimate of drug-likeness (QED) is 0.359. The highest BCUT2D eigenvalue weighted by Gasteiger charge is 2.26. The molecule has 8 nitrogen and oxygen atoms in total. The predicted molar refractivity (Wildman–Crippen MR) is 110 cm³/mol. The SMILES string of the molecule is C=CCSc1nnc(NCC(=O)c2cccc(S(=O)(=O)N3CCOCC3)c2)s1. The van der Waals surface area contributed by atoms with E-state index in [1.807, 2.05) is 0 Å². The van der Waals surface area contributed by atoms with Crippen LogP contribution in [0.2, 0.25) is 0 Å². The molecule has 28 heavy (non-hydrogen) atoms. The molecule has 0 saturated carbocycles. The average molecular weight is 441 g/mol. The van der Waals surface area contributed by atoms with E-state index in [0.717, 1.165) is 10.1 Å². The summed E-state index contributed by atoms with van der Waals surface area (Å²) in [6, 6.07) is 6.10. The van der Waals surface area contributed by atoms with Crippen molar-refractivity contribution < 1.29 is 17.9 Å². The minimum atomic E-state index is -3.64. The molecule has 2 heterocycles. The fourth-order valence-corrected chi connectivity index (χ4v) is 5.46. The van der Waals surface area contributed by atoms with Gasteiger partial charge in [-0.1, -0.05) is 41.3 Å².